The van der Waals surface area contributed by atoms with Gasteiger partial charge >= 0.3 is 0 Å². The Balaban J connectivity index is 2.56. The first-order valence-electron chi connectivity index (χ1n) is 5.46. The smallest absolute Gasteiger partial charge is 0.00710 e. The molecule has 0 bridgehead atoms. The van der Waals surface area contributed by atoms with E-state index in [9.17, 15) is 0 Å². The molecule has 2 aromatic carbocycles. The maximum absolute atomic E-state index is 2.27. The van der Waals surface area contributed by atoms with Crippen molar-refractivity contribution in [2.45, 2.75) is 20.3 Å². The fourth-order valence-electron chi connectivity index (χ4n) is 2.50. The molecule has 0 aliphatic heterocycles. The van der Waals surface area contributed by atoms with Gasteiger partial charge in [0.25, 0.3) is 0 Å². The summed E-state index contributed by atoms with van der Waals surface area (Å²) >= 11 is 0. The Bertz CT molecular complexity index is 569. The van der Waals surface area contributed by atoms with Gasteiger partial charge in [-0.05, 0) is 53.3 Å². The van der Waals surface area contributed by atoms with Crippen LogP contribution in [0.5, 0.6) is 0 Å². The Labute approximate surface area is 90.2 Å². The third-order valence-corrected chi connectivity index (χ3v) is 3.39. The highest BCUT2D eigenvalue weighted by Gasteiger charge is 2.11. The summed E-state index contributed by atoms with van der Waals surface area (Å²) in [6.45, 7) is 4.40. The molecule has 74 valence electrons. The van der Waals surface area contributed by atoms with Gasteiger partial charge in [-0.2, -0.15) is 0 Å². The van der Waals surface area contributed by atoms with Crippen LogP contribution in [0, 0.1) is 13.8 Å². The Hall–Kier alpha value is -1.56. The van der Waals surface area contributed by atoms with Crippen molar-refractivity contribution in [2.24, 2.45) is 0 Å². The minimum absolute atomic E-state index is 1.08. The molecular formula is C15H14. The Morgan fingerprint density at radius 2 is 1.67 bits per heavy atom. The molecule has 3 rings (SSSR count). The molecule has 0 atom stereocenters. The molecule has 0 fully saturated rings. The molecule has 0 N–H and O–H groups in total. The number of allylic oxidation sites excluding steroid dienone is 1. The van der Waals surface area contributed by atoms with Gasteiger partial charge in [-0.15, -0.1) is 0 Å². The normalized spacial score (nSPS) is 13.5. The van der Waals surface area contributed by atoms with E-state index in [4.69, 9.17) is 0 Å². The van der Waals surface area contributed by atoms with E-state index in [1.165, 1.54) is 33.0 Å². The number of rotatable bonds is 0. The predicted octanol–water partition coefficient (Wildman–Crippen LogP) is 4.03. The molecule has 0 spiro atoms. The van der Waals surface area contributed by atoms with Gasteiger partial charge in [0, 0.05) is 0 Å². The average Bonchev–Trinajstić information content (AvgIpc) is 2.27. The fraction of sp³-hybridized carbons (Fsp3) is 0.200. The molecule has 0 radical (unpaired) electrons. The summed E-state index contributed by atoms with van der Waals surface area (Å²) in [5, 5.41) is 2.85. The summed E-state index contributed by atoms with van der Waals surface area (Å²) in [5.74, 6) is 0. The molecule has 0 saturated carbocycles. The number of hydrogen-bond acceptors (Lipinski definition) is 0. The summed E-state index contributed by atoms with van der Waals surface area (Å²) in [4.78, 5) is 0. The second-order valence-corrected chi connectivity index (χ2v) is 4.36. The first-order valence-corrected chi connectivity index (χ1v) is 5.46. The van der Waals surface area contributed by atoms with Crippen LogP contribution in [0.1, 0.15) is 22.3 Å². The summed E-state index contributed by atoms with van der Waals surface area (Å²) < 4.78 is 0. The third-order valence-electron chi connectivity index (χ3n) is 3.39. The summed E-state index contributed by atoms with van der Waals surface area (Å²) in [5.41, 5.74) is 5.72. The molecular weight excluding hydrogens is 180 g/mol. The predicted molar refractivity (Wildman–Crippen MR) is 66.2 cm³/mol. The van der Waals surface area contributed by atoms with Crippen molar-refractivity contribution >= 4 is 16.8 Å². The van der Waals surface area contributed by atoms with Crippen LogP contribution in [0.25, 0.3) is 16.8 Å². The summed E-state index contributed by atoms with van der Waals surface area (Å²) in [6, 6.07) is 8.91. The van der Waals surface area contributed by atoms with Crippen LogP contribution in [-0.4, -0.2) is 0 Å². The third kappa shape index (κ3) is 1.14. The highest BCUT2D eigenvalue weighted by molar-refractivity contribution is 5.96. The van der Waals surface area contributed by atoms with Crippen molar-refractivity contribution in [1.82, 2.24) is 0 Å². The number of hydrogen-bond donors (Lipinski definition) is 0. The van der Waals surface area contributed by atoms with E-state index in [-0.39, 0.29) is 0 Å². The highest BCUT2D eigenvalue weighted by atomic mass is 14.2. The van der Waals surface area contributed by atoms with Gasteiger partial charge in [-0.3, -0.25) is 0 Å². The average molecular weight is 194 g/mol. The van der Waals surface area contributed by atoms with Crippen LogP contribution in [0.15, 0.2) is 30.3 Å². The monoisotopic (exact) mass is 194 g/mol. The molecule has 0 heteroatoms. The van der Waals surface area contributed by atoms with Crippen molar-refractivity contribution in [1.29, 1.82) is 0 Å². The second kappa shape index (κ2) is 2.96. The molecule has 15 heavy (non-hydrogen) atoms. The summed E-state index contributed by atoms with van der Waals surface area (Å²) in [7, 11) is 0. The molecule has 0 heterocycles. The van der Waals surface area contributed by atoms with E-state index < -0.39 is 0 Å². The van der Waals surface area contributed by atoms with Gasteiger partial charge in [0.2, 0.25) is 0 Å². The van der Waals surface area contributed by atoms with Gasteiger partial charge in [-0.1, -0.05) is 36.4 Å². The molecule has 2 aromatic rings. The zero-order valence-corrected chi connectivity index (χ0v) is 9.17. The molecule has 0 amide bonds. The van der Waals surface area contributed by atoms with Crippen LogP contribution < -0.4 is 0 Å². The van der Waals surface area contributed by atoms with E-state index in [0.29, 0.717) is 0 Å². The lowest BCUT2D eigenvalue weighted by molar-refractivity contribution is 1.23. The van der Waals surface area contributed by atoms with Gasteiger partial charge in [0.1, 0.15) is 0 Å². The molecule has 0 saturated heterocycles. The van der Waals surface area contributed by atoms with Crippen molar-refractivity contribution in [3.63, 3.8) is 0 Å². The second-order valence-electron chi connectivity index (χ2n) is 4.36. The molecule has 0 nitrogen and oxygen atoms in total. The van der Waals surface area contributed by atoms with Crippen molar-refractivity contribution < 1.29 is 0 Å². The molecule has 0 aromatic heterocycles. The van der Waals surface area contributed by atoms with Crippen molar-refractivity contribution in [3.8, 4) is 0 Å². The molecule has 1 aliphatic rings. The van der Waals surface area contributed by atoms with Crippen LogP contribution in [-0.2, 0) is 6.42 Å². The van der Waals surface area contributed by atoms with E-state index in [1.54, 1.807) is 0 Å². The zero-order valence-electron chi connectivity index (χ0n) is 9.17. The Kier molecular flexibility index (Phi) is 1.72. The number of benzene rings is 2. The van der Waals surface area contributed by atoms with Crippen LogP contribution in [0.3, 0.4) is 0 Å². The SMILES string of the molecule is Cc1ccc2ccc(C)c3c2c1C=CC3. The van der Waals surface area contributed by atoms with Gasteiger partial charge < -0.3 is 0 Å². The summed E-state index contributed by atoms with van der Waals surface area (Å²) in [6.07, 6.45) is 5.63. The van der Waals surface area contributed by atoms with Gasteiger partial charge in [0.15, 0.2) is 0 Å². The minimum atomic E-state index is 1.08. The van der Waals surface area contributed by atoms with Crippen LogP contribution in [0.4, 0.5) is 0 Å². The first-order chi connectivity index (χ1) is 7.27. The minimum Gasteiger partial charge on any atom is -0.0795 e. The lowest BCUT2D eigenvalue weighted by Gasteiger charge is -2.16. The van der Waals surface area contributed by atoms with Crippen LogP contribution >= 0.6 is 0 Å². The Morgan fingerprint density at radius 1 is 0.933 bits per heavy atom. The maximum atomic E-state index is 2.27. The highest BCUT2D eigenvalue weighted by Crippen LogP contribution is 2.32. The van der Waals surface area contributed by atoms with Crippen LogP contribution in [0.2, 0.25) is 0 Å². The first kappa shape index (κ1) is 8.72. The lowest BCUT2D eigenvalue weighted by atomic mass is 9.88. The van der Waals surface area contributed by atoms with Crippen molar-refractivity contribution in [3.05, 3.63) is 52.6 Å². The zero-order chi connectivity index (χ0) is 10.4. The van der Waals surface area contributed by atoms with E-state index in [1.807, 2.05) is 0 Å². The van der Waals surface area contributed by atoms with Gasteiger partial charge in [0.05, 0.1) is 0 Å². The lowest BCUT2D eigenvalue weighted by Crippen LogP contribution is -1.97. The Morgan fingerprint density at radius 3 is 2.47 bits per heavy atom. The van der Waals surface area contributed by atoms with E-state index in [2.05, 4.69) is 50.3 Å². The van der Waals surface area contributed by atoms with Crippen molar-refractivity contribution in [2.75, 3.05) is 0 Å². The molecule has 0 unspecified atom stereocenters. The maximum Gasteiger partial charge on any atom is -0.00710 e. The fourth-order valence-corrected chi connectivity index (χ4v) is 2.50. The number of aryl methyl sites for hydroxylation is 2. The topological polar surface area (TPSA) is 0 Å². The standard InChI is InChI=1S/C15H14/c1-10-6-8-12-9-7-11(2)14-5-3-4-13(10)15(12)14/h3-4,6-9H,5H2,1-2H3. The molecule has 1 aliphatic carbocycles. The largest absolute Gasteiger partial charge is 0.0795 e. The van der Waals surface area contributed by atoms with E-state index >= 15 is 0 Å². The van der Waals surface area contributed by atoms with Gasteiger partial charge in [-0.25, -0.2) is 0 Å². The van der Waals surface area contributed by atoms with E-state index in [0.717, 1.165) is 6.42 Å². The quantitative estimate of drug-likeness (QED) is 0.594.